The summed E-state index contributed by atoms with van der Waals surface area (Å²) in [6, 6.07) is 19.4. The van der Waals surface area contributed by atoms with E-state index in [-0.39, 0.29) is 17.4 Å². The summed E-state index contributed by atoms with van der Waals surface area (Å²) in [7, 11) is 4.00. The predicted octanol–water partition coefficient (Wildman–Crippen LogP) is 4.97. The van der Waals surface area contributed by atoms with Crippen LogP contribution in [0.4, 0.5) is 0 Å². The molecule has 30 heavy (non-hydrogen) atoms. The van der Waals surface area contributed by atoms with E-state index >= 15 is 0 Å². The van der Waals surface area contributed by atoms with Gasteiger partial charge in [-0.2, -0.15) is 0 Å². The van der Waals surface area contributed by atoms with Crippen molar-refractivity contribution in [1.29, 1.82) is 0 Å². The summed E-state index contributed by atoms with van der Waals surface area (Å²) in [6.45, 7) is 0. The van der Waals surface area contributed by atoms with E-state index < -0.39 is 5.75 Å². The minimum Gasteiger partial charge on any atom is -0.504 e. The van der Waals surface area contributed by atoms with E-state index in [0.29, 0.717) is 5.56 Å². The zero-order valence-electron chi connectivity index (χ0n) is 16.7. The monoisotopic (exact) mass is 398 g/mol. The van der Waals surface area contributed by atoms with Gasteiger partial charge in [-0.25, -0.2) is 0 Å². The standard InChI is InChI=1S/C25H22N2O3/c1-26-13-18(15-7-3-5-9-20(15)26)23(17-11-12-22(28)25(30)24(17)29)19-14-27(2)21-10-6-4-8-16(19)21/h3-14,23,28-30H,1-2H3. The van der Waals surface area contributed by atoms with Crippen LogP contribution in [0.25, 0.3) is 21.8 Å². The van der Waals surface area contributed by atoms with Crippen molar-refractivity contribution in [1.82, 2.24) is 9.13 Å². The molecule has 2 aromatic heterocycles. The normalized spacial score (nSPS) is 11.7. The van der Waals surface area contributed by atoms with Gasteiger partial charge in [-0.3, -0.25) is 0 Å². The SMILES string of the molecule is Cn1cc(C(c2ccc(O)c(O)c2O)c2cn(C)c3ccccc23)c2ccccc21. The molecular formula is C25H22N2O3. The highest BCUT2D eigenvalue weighted by Crippen LogP contribution is 2.47. The molecule has 5 heteroatoms. The molecule has 150 valence electrons. The first-order chi connectivity index (χ1) is 14.5. The molecule has 0 amide bonds. The third-order valence-corrected chi connectivity index (χ3v) is 5.95. The fourth-order valence-electron chi connectivity index (χ4n) is 4.53. The van der Waals surface area contributed by atoms with Crippen molar-refractivity contribution in [2.24, 2.45) is 14.1 Å². The Bertz CT molecular complexity index is 1330. The number of hydrogen-bond acceptors (Lipinski definition) is 3. The molecular weight excluding hydrogens is 376 g/mol. The summed E-state index contributed by atoms with van der Waals surface area (Å²) in [6.07, 6.45) is 4.14. The third-order valence-electron chi connectivity index (χ3n) is 5.95. The number of aryl methyl sites for hydroxylation is 2. The summed E-state index contributed by atoms with van der Waals surface area (Å²) < 4.78 is 4.14. The van der Waals surface area contributed by atoms with Gasteiger partial charge in [0.25, 0.3) is 0 Å². The van der Waals surface area contributed by atoms with E-state index in [0.717, 1.165) is 32.9 Å². The lowest BCUT2D eigenvalue weighted by atomic mass is 9.84. The molecule has 0 fully saturated rings. The first-order valence-corrected chi connectivity index (χ1v) is 9.79. The molecule has 0 aliphatic heterocycles. The van der Waals surface area contributed by atoms with Crippen LogP contribution >= 0.6 is 0 Å². The van der Waals surface area contributed by atoms with Gasteiger partial charge < -0.3 is 24.5 Å². The molecule has 0 saturated heterocycles. The second-order valence-electron chi connectivity index (χ2n) is 7.73. The smallest absolute Gasteiger partial charge is 0.200 e. The third kappa shape index (κ3) is 2.55. The quantitative estimate of drug-likeness (QED) is 0.376. The second-order valence-corrected chi connectivity index (χ2v) is 7.73. The number of rotatable bonds is 3. The van der Waals surface area contributed by atoms with Crippen LogP contribution in [0.15, 0.2) is 73.1 Å². The fraction of sp³-hybridized carbons (Fsp3) is 0.120. The summed E-state index contributed by atoms with van der Waals surface area (Å²) in [5, 5.41) is 33.1. The first kappa shape index (κ1) is 18.2. The fourth-order valence-corrected chi connectivity index (χ4v) is 4.53. The predicted molar refractivity (Wildman–Crippen MR) is 118 cm³/mol. The Morgan fingerprint density at radius 3 is 1.63 bits per heavy atom. The van der Waals surface area contributed by atoms with Gasteiger partial charge in [-0.15, -0.1) is 0 Å². The zero-order valence-corrected chi connectivity index (χ0v) is 16.7. The van der Waals surface area contributed by atoms with Crippen LogP contribution in [0.2, 0.25) is 0 Å². The molecule has 5 rings (SSSR count). The van der Waals surface area contributed by atoms with E-state index in [1.54, 1.807) is 6.07 Å². The van der Waals surface area contributed by atoms with Gasteiger partial charge in [0.2, 0.25) is 5.75 Å². The lowest BCUT2D eigenvalue weighted by Crippen LogP contribution is -2.03. The van der Waals surface area contributed by atoms with Crippen LogP contribution < -0.4 is 0 Å². The molecule has 0 spiro atoms. The van der Waals surface area contributed by atoms with Crippen molar-refractivity contribution in [2.75, 3.05) is 0 Å². The molecule has 0 bridgehead atoms. The number of aromatic nitrogens is 2. The number of benzene rings is 3. The van der Waals surface area contributed by atoms with Crippen molar-refractivity contribution in [3.63, 3.8) is 0 Å². The lowest BCUT2D eigenvalue weighted by Gasteiger charge is -2.19. The maximum atomic E-state index is 10.8. The molecule has 0 saturated carbocycles. The molecule has 0 aliphatic carbocycles. The summed E-state index contributed by atoms with van der Waals surface area (Å²) in [4.78, 5) is 0. The number of hydrogen-bond donors (Lipinski definition) is 3. The van der Waals surface area contributed by atoms with Crippen molar-refractivity contribution in [3.05, 3.63) is 89.7 Å². The lowest BCUT2D eigenvalue weighted by molar-refractivity contribution is 0.364. The van der Waals surface area contributed by atoms with Gasteiger partial charge in [-0.1, -0.05) is 42.5 Å². The topological polar surface area (TPSA) is 70.6 Å². The van der Waals surface area contributed by atoms with E-state index in [4.69, 9.17) is 0 Å². The maximum Gasteiger partial charge on any atom is 0.200 e. The minimum absolute atomic E-state index is 0.305. The Morgan fingerprint density at radius 2 is 1.10 bits per heavy atom. The van der Waals surface area contributed by atoms with Crippen LogP contribution in [-0.4, -0.2) is 24.5 Å². The molecule has 0 aliphatic rings. The summed E-state index contributed by atoms with van der Waals surface area (Å²) in [5.74, 6) is -1.49. The highest BCUT2D eigenvalue weighted by molar-refractivity contribution is 5.90. The van der Waals surface area contributed by atoms with E-state index in [9.17, 15) is 15.3 Å². The number of fused-ring (bicyclic) bond motifs is 2. The Kier molecular flexibility index (Phi) is 4.00. The van der Waals surface area contributed by atoms with Crippen molar-refractivity contribution >= 4 is 21.8 Å². The van der Waals surface area contributed by atoms with Gasteiger partial charge in [0.05, 0.1) is 0 Å². The van der Waals surface area contributed by atoms with Crippen LogP contribution in [0, 0.1) is 0 Å². The van der Waals surface area contributed by atoms with Crippen molar-refractivity contribution in [2.45, 2.75) is 5.92 Å². The molecule has 5 aromatic rings. The summed E-state index contributed by atoms with van der Waals surface area (Å²) >= 11 is 0. The van der Waals surface area contributed by atoms with Crippen molar-refractivity contribution in [3.8, 4) is 17.2 Å². The molecule has 2 heterocycles. The van der Waals surface area contributed by atoms with E-state index in [2.05, 4.69) is 45.8 Å². The molecule has 5 nitrogen and oxygen atoms in total. The average molecular weight is 398 g/mol. The second kappa shape index (κ2) is 6.59. The Morgan fingerprint density at radius 1 is 0.600 bits per heavy atom. The van der Waals surface area contributed by atoms with Gasteiger partial charge >= 0.3 is 0 Å². The minimum atomic E-state index is -0.502. The highest BCUT2D eigenvalue weighted by atomic mass is 16.3. The first-order valence-electron chi connectivity index (χ1n) is 9.79. The summed E-state index contributed by atoms with van der Waals surface area (Å²) in [5.41, 5.74) is 4.74. The van der Waals surface area contributed by atoms with Gasteiger partial charge in [0, 0.05) is 59.8 Å². The number of para-hydroxylation sites is 2. The molecule has 0 radical (unpaired) electrons. The van der Waals surface area contributed by atoms with Crippen LogP contribution in [0.1, 0.15) is 22.6 Å². The maximum absolute atomic E-state index is 10.8. The number of nitrogens with zero attached hydrogens (tertiary/aromatic N) is 2. The Balaban J connectivity index is 1.89. The molecule has 0 unspecified atom stereocenters. The van der Waals surface area contributed by atoms with E-state index in [1.807, 2.05) is 38.4 Å². The van der Waals surface area contributed by atoms with Crippen LogP contribution in [-0.2, 0) is 14.1 Å². The molecule has 0 atom stereocenters. The number of phenolic OH excluding ortho intramolecular Hbond substituents is 3. The molecule has 3 aromatic carbocycles. The van der Waals surface area contributed by atoms with Crippen molar-refractivity contribution < 1.29 is 15.3 Å². The average Bonchev–Trinajstić information content (AvgIpc) is 3.26. The van der Waals surface area contributed by atoms with Gasteiger partial charge in [-0.05, 0) is 29.3 Å². The Hall–Kier alpha value is -3.86. The molecule has 3 N–H and O–H groups in total. The zero-order chi connectivity index (χ0) is 21.0. The van der Waals surface area contributed by atoms with E-state index in [1.165, 1.54) is 6.07 Å². The number of phenols is 3. The number of aromatic hydroxyl groups is 3. The van der Waals surface area contributed by atoms with Crippen LogP contribution in [0.5, 0.6) is 17.2 Å². The van der Waals surface area contributed by atoms with Crippen LogP contribution in [0.3, 0.4) is 0 Å². The Labute approximate surface area is 173 Å². The largest absolute Gasteiger partial charge is 0.504 e. The van der Waals surface area contributed by atoms with Gasteiger partial charge in [0.1, 0.15) is 0 Å². The van der Waals surface area contributed by atoms with Gasteiger partial charge in [0.15, 0.2) is 11.5 Å². The highest BCUT2D eigenvalue weighted by Gasteiger charge is 2.28.